The first-order chi connectivity index (χ1) is 20.2. The maximum atomic E-state index is 13.8. The minimum Gasteiger partial charge on any atom is -0.463 e. The van der Waals surface area contributed by atoms with E-state index in [4.69, 9.17) is 9.26 Å². The zero-order valence-corrected chi connectivity index (χ0v) is 24.5. The number of nitrogens with one attached hydrogen (secondary N) is 2. The van der Waals surface area contributed by atoms with Crippen LogP contribution in [0.15, 0.2) is 83.4 Å². The molecule has 0 fully saturated rings. The van der Waals surface area contributed by atoms with Gasteiger partial charge in [0.1, 0.15) is 5.76 Å². The summed E-state index contributed by atoms with van der Waals surface area (Å²) in [7, 11) is 0. The van der Waals surface area contributed by atoms with Gasteiger partial charge in [-0.15, -0.1) is 0 Å². The molecular weight excluding hydrogens is 534 g/mol. The van der Waals surface area contributed by atoms with E-state index in [0.717, 1.165) is 11.1 Å². The van der Waals surface area contributed by atoms with Gasteiger partial charge in [0.25, 0.3) is 5.91 Å². The number of carbonyl (C=O) groups excluding carboxylic acids is 4. The van der Waals surface area contributed by atoms with Crippen LogP contribution in [0.3, 0.4) is 0 Å². The Morgan fingerprint density at radius 2 is 1.55 bits per heavy atom. The van der Waals surface area contributed by atoms with E-state index in [1.54, 1.807) is 19.9 Å². The van der Waals surface area contributed by atoms with Crippen molar-refractivity contribution in [3.8, 4) is 0 Å². The quantitative estimate of drug-likeness (QED) is 0.204. The molecule has 0 saturated carbocycles. The predicted octanol–water partition coefficient (Wildman–Crippen LogP) is 4.40. The summed E-state index contributed by atoms with van der Waals surface area (Å²) in [5.41, 5.74) is 1.95. The largest absolute Gasteiger partial charge is 0.463 e. The van der Waals surface area contributed by atoms with Crippen LogP contribution < -0.4 is 10.6 Å². The van der Waals surface area contributed by atoms with Gasteiger partial charge in [-0.2, -0.15) is 0 Å². The highest BCUT2D eigenvalue weighted by molar-refractivity contribution is 5.97. The lowest BCUT2D eigenvalue weighted by Crippen LogP contribution is -2.47. The fourth-order valence-corrected chi connectivity index (χ4v) is 4.55. The highest BCUT2D eigenvalue weighted by Gasteiger charge is 2.31. The Balaban J connectivity index is 1.82. The maximum absolute atomic E-state index is 13.8. The number of carbonyl (C=O) groups is 4. The van der Waals surface area contributed by atoms with E-state index >= 15 is 0 Å². The van der Waals surface area contributed by atoms with Crippen molar-refractivity contribution in [2.75, 3.05) is 6.61 Å². The first kappa shape index (κ1) is 32.0. The van der Waals surface area contributed by atoms with E-state index in [-0.39, 0.29) is 36.3 Å². The molecule has 0 radical (unpaired) electrons. The lowest BCUT2D eigenvalue weighted by Gasteiger charge is -2.25. The molecule has 3 rings (SSSR count). The van der Waals surface area contributed by atoms with Gasteiger partial charge in [-0.1, -0.05) is 85.7 Å². The van der Waals surface area contributed by atoms with E-state index in [2.05, 4.69) is 15.8 Å². The van der Waals surface area contributed by atoms with E-state index < -0.39 is 29.9 Å². The number of ether oxygens (including phenoxy) is 1. The molecule has 0 spiro atoms. The Hall–Kier alpha value is -4.53. The molecule has 0 bridgehead atoms. The van der Waals surface area contributed by atoms with Gasteiger partial charge in [0.2, 0.25) is 5.91 Å². The summed E-state index contributed by atoms with van der Waals surface area (Å²) < 4.78 is 10.0. The number of esters is 1. The predicted molar refractivity (Wildman–Crippen MR) is 158 cm³/mol. The molecule has 9 nitrogen and oxygen atoms in total. The number of benzene rings is 2. The molecule has 3 aromatic rings. The Morgan fingerprint density at radius 1 is 0.929 bits per heavy atom. The zero-order valence-electron chi connectivity index (χ0n) is 24.5. The maximum Gasteiger partial charge on any atom is 0.330 e. The molecule has 0 aliphatic carbocycles. The molecule has 2 N–H and O–H groups in total. The fourth-order valence-electron chi connectivity index (χ4n) is 4.55. The van der Waals surface area contributed by atoms with Crippen LogP contribution in [0.2, 0.25) is 0 Å². The van der Waals surface area contributed by atoms with Gasteiger partial charge < -0.3 is 19.9 Å². The molecule has 2 aromatic carbocycles. The topological polar surface area (TPSA) is 128 Å². The Bertz CT molecular complexity index is 1350. The fraction of sp³-hybridized carbons (Fsp3) is 0.364. The molecular formula is C33H39N3O6. The number of hydrogen-bond donors (Lipinski definition) is 2. The summed E-state index contributed by atoms with van der Waals surface area (Å²) in [6.07, 6.45) is 3.59. The Kier molecular flexibility index (Phi) is 12.2. The average molecular weight is 574 g/mol. The van der Waals surface area contributed by atoms with Crippen LogP contribution in [-0.2, 0) is 32.0 Å². The summed E-state index contributed by atoms with van der Waals surface area (Å²) in [5.74, 6) is -2.09. The summed E-state index contributed by atoms with van der Waals surface area (Å²) in [5, 5.41) is 9.54. The van der Waals surface area contributed by atoms with E-state index in [0.29, 0.717) is 18.6 Å². The second kappa shape index (κ2) is 16.0. The molecule has 2 amide bonds. The van der Waals surface area contributed by atoms with Gasteiger partial charge in [-0.05, 0) is 43.7 Å². The summed E-state index contributed by atoms with van der Waals surface area (Å²) in [6.45, 7) is 7.30. The molecule has 1 aromatic heterocycles. The summed E-state index contributed by atoms with van der Waals surface area (Å²) >= 11 is 0. The van der Waals surface area contributed by atoms with Gasteiger partial charge in [-0.25, -0.2) is 4.79 Å². The van der Waals surface area contributed by atoms with Crippen LogP contribution in [-0.4, -0.2) is 47.4 Å². The smallest absolute Gasteiger partial charge is 0.330 e. The monoisotopic (exact) mass is 573 g/mol. The summed E-state index contributed by atoms with van der Waals surface area (Å²) in [6, 6.07) is 19.2. The first-order valence-corrected chi connectivity index (χ1v) is 14.2. The number of ketones is 1. The third-order valence-corrected chi connectivity index (χ3v) is 6.68. The van der Waals surface area contributed by atoms with Crippen molar-refractivity contribution in [2.45, 2.75) is 59.0 Å². The normalized spacial score (nSPS) is 13.4. The van der Waals surface area contributed by atoms with Crippen molar-refractivity contribution in [3.63, 3.8) is 0 Å². The number of hydrogen-bond acceptors (Lipinski definition) is 7. The van der Waals surface area contributed by atoms with Crippen molar-refractivity contribution in [1.29, 1.82) is 0 Å². The number of nitrogens with zero attached hydrogens (tertiary/aromatic N) is 1. The molecule has 9 heteroatoms. The minimum absolute atomic E-state index is 0.0849. The Morgan fingerprint density at radius 3 is 2.10 bits per heavy atom. The minimum atomic E-state index is -0.829. The SMILES string of the molecule is CCOC(=O)/C=C/C(Cc1ccccc1)NC(=O)C(CC(=O)C(NC(=O)c1cc(C)on1)C(C)C)Cc1ccccc1. The van der Waals surface area contributed by atoms with Crippen LogP contribution in [0, 0.1) is 18.8 Å². The highest BCUT2D eigenvalue weighted by Crippen LogP contribution is 2.18. The third-order valence-electron chi connectivity index (χ3n) is 6.68. The molecule has 0 saturated heterocycles. The number of amides is 2. The number of aryl methyl sites for hydroxylation is 1. The van der Waals surface area contributed by atoms with Crippen molar-refractivity contribution >= 4 is 23.6 Å². The van der Waals surface area contributed by atoms with Crippen molar-refractivity contribution < 1.29 is 28.4 Å². The highest BCUT2D eigenvalue weighted by atomic mass is 16.5. The van der Waals surface area contributed by atoms with E-state index in [9.17, 15) is 19.2 Å². The van der Waals surface area contributed by atoms with Crippen molar-refractivity contribution in [1.82, 2.24) is 15.8 Å². The number of Topliss-reactive ketones (excluding diaryl/α,β-unsaturated/α-hetero) is 1. The molecule has 42 heavy (non-hydrogen) atoms. The lowest BCUT2D eigenvalue weighted by atomic mass is 9.88. The first-order valence-electron chi connectivity index (χ1n) is 14.2. The van der Waals surface area contributed by atoms with Crippen molar-refractivity contribution in [3.05, 3.63) is 101 Å². The number of rotatable bonds is 15. The van der Waals surface area contributed by atoms with E-state index in [1.165, 1.54) is 12.1 Å². The van der Waals surface area contributed by atoms with Crippen LogP contribution in [0.25, 0.3) is 0 Å². The van der Waals surface area contributed by atoms with Gasteiger partial charge in [0.15, 0.2) is 11.5 Å². The third kappa shape index (κ3) is 10.1. The second-order valence-electron chi connectivity index (χ2n) is 10.5. The Labute approximate surface area is 246 Å². The molecule has 1 heterocycles. The molecule has 0 aliphatic heterocycles. The van der Waals surface area contributed by atoms with Gasteiger partial charge in [0, 0.05) is 24.5 Å². The van der Waals surface area contributed by atoms with Crippen molar-refractivity contribution in [2.24, 2.45) is 11.8 Å². The second-order valence-corrected chi connectivity index (χ2v) is 10.5. The van der Waals surface area contributed by atoms with E-state index in [1.807, 2.05) is 74.5 Å². The standard InChI is InChI=1S/C33H39N3O6/c1-5-41-30(38)17-16-27(20-25-14-10-7-11-15-25)34-32(39)26(19-24-12-8-6-9-13-24)21-29(37)31(22(2)3)35-33(40)28-18-23(4)42-36-28/h6-18,22,26-27,31H,5,19-21H2,1-4H3,(H,34,39)(H,35,40)/b17-16+. The molecule has 3 unspecified atom stereocenters. The van der Waals surface area contributed by atoms with Gasteiger partial charge in [0.05, 0.1) is 18.7 Å². The van der Waals surface area contributed by atoms with Crippen LogP contribution in [0.4, 0.5) is 0 Å². The molecule has 3 atom stereocenters. The summed E-state index contributed by atoms with van der Waals surface area (Å²) in [4.78, 5) is 52.2. The number of aromatic nitrogens is 1. The average Bonchev–Trinajstić information content (AvgIpc) is 3.41. The van der Waals surface area contributed by atoms with Crippen LogP contribution in [0.5, 0.6) is 0 Å². The molecule has 0 aliphatic rings. The van der Waals surface area contributed by atoms with Crippen LogP contribution in [0.1, 0.15) is 54.6 Å². The molecule has 222 valence electrons. The lowest BCUT2D eigenvalue weighted by molar-refractivity contribution is -0.137. The van der Waals surface area contributed by atoms with Crippen LogP contribution >= 0.6 is 0 Å². The van der Waals surface area contributed by atoms with Gasteiger partial charge >= 0.3 is 5.97 Å². The van der Waals surface area contributed by atoms with Gasteiger partial charge in [-0.3, -0.25) is 14.4 Å². The zero-order chi connectivity index (χ0) is 30.5.